The van der Waals surface area contributed by atoms with E-state index in [0.29, 0.717) is 6.54 Å². The number of hydrogen-bond donors (Lipinski definition) is 2. The van der Waals surface area contributed by atoms with Crippen LogP contribution in [0, 0.1) is 0 Å². The minimum atomic E-state index is 0.705. The van der Waals surface area contributed by atoms with Crippen LogP contribution in [0.2, 0.25) is 0 Å². The van der Waals surface area contributed by atoms with E-state index < -0.39 is 0 Å². The third-order valence-corrected chi connectivity index (χ3v) is 3.17. The van der Waals surface area contributed by atoms with Gasteiger partial charge in [-0.15, -0.1) is 0 Å². The maximum atomic E-state index is 4.32. The molecule has 2 heterocycles. The Hall–Kier alpha value is -1.88. The Morgan fingerprint density at radius 3 is 2.94 bits per heavy atom. The highest BCUT2D eigenvalue weighted by Gasteiger charge is 1.99. The predicted octanol–water partition coefficient (Wildman–Crippen LogP) is 3.33. The van der Waals surface area contributed by atoms with Gasteiger partial charge in [0.2, 0.25) is 0 Å². The lowest BCUT2D eigenvalue weighted by molar-refractivity contribution is 1.04. The standard InChI is InChI=1S/C13H11BrN4/c14-10-1-2-12(15-7-10)8-16-11-3-4-13-9(5-11)6-17-18-13/h1-7,16H,8H2,(H,17,18). The number of rotatable bonds is 3. The molecule has 0 bridgehead atoms. The van der Waals surface area contributed by atoms with E-state index in [-0.39, 0.29) is 0 Å². The molecule has 3 aromatic rings. The van der Waals surface area contributed by atoms with Crippen LogP contribution < -0.4 is 5.32 Å². The van der Waals surface area contributed by atoms with Gasteiger partial charge in [0.25, 0.3) is 0 Å². The highest BCUT2D eigenvalue weighted by atomic mass is 79.9. The molecular formula is C13H11BrN4. The summed E-state index contributed by atoms with van der Waals surface area (Å²) in [4.78, 5) is 4.32. The fourth-order valence-corrected chi connectivity index (χ4v) is 1.99. The van der Waals surface area contributed by atoms with Crippen LogP contribution in [0.5, 0.6) is 0 Å². The summed E-state index contributed by atoms with van der Waals surface area (Å²) in [6, 6.07) is 10.1. The number of aromatic amines is 1. The second-order valence-corrected chi connectivity index (χ2v) is 4.91. The van der Waals surface area contributed by atoms with Crippen molar-refractivity contribution in [1.29, 1.82) is 0 Å². The van der Waals surface area contributed by atoms with Crippen molar-refractivity contribution in [2.45, 2.75) is 6.54 Å². The molecule has 0 aliphatic heterocycles. The fraction of sp³-hybridized carbons (Fsp3) is 0.0769. The average Bonchev–Trinajstić information content (AvgIpc) is 2.85. The van der Waals surface area contributed by atoms with Gasteiger partial charge in [-0.2, -0.15) is 5.10 Å². The van der Waals surface area contributed by atoms with Crippen molar-refractivity contribution in [2.24, 2.45) is 0 Å². The normalized spacial score (nSPS) is 10.7. The van der Waals surface area contributed by atoms with Crippen molar-refractivity contribution in [3.8, 4) is 0 Å². The molecule has 0 saturated carbocycles. The molecule has 0 saturated heterocycles. The number of H-pyrrole nitrogens is 1. The van der Waals surface area contributed by atoms with Gasteiger partial charge in [-0.05, 0) is 46.3 Å². The molecule has 0 amide bonds. The molecule has 3 rings (SSSR count). The van der Waals surface area contributed by atoms with E-state index in [4.69, 9.17) is 0 Å². The number of fused-ring (bicyclic) bond motifs is 1. The molecule has 0 fully saturated rings. The van der Waals surface area contributed by atoms with Crippen LogP contribution >= 0.6 is 15.9 Å². The molecule has 5 heteroatoms. The summed E-state index contributed by atoms with van der Waals surface area (Å²) in [6.45, 7) is 0.705. The SMILES string of the molecule is Brc1ccc(CNc2ccc3[nH]ncc3c2)nc1. The Morgan fingerprint density at radius 2 is 2.11 bits per heavy atom. The van der Waals surface area contributed by atoms with Gasteiger partial charge in [-0.25, -0.2) is 0 Å². The van der Waals surface area contributed by atoms with Gasteiger partial charge in [0.1, 0.15) is 0 Å². The molecule has 0 spiro atoms. The first-order valence-electron chi connectivity index (χ1n) is 5.59. The van der Waals surface area contributed by atoms with Gasteiger partial charge in [0, 0.05) is 21.7 Å². The molecule has 2 aromatic heterocycles. The van der Waals surface area contributed by atoms with Crippen LogP contribution in [0.3, 0.4) is 0 Å². The topological polar surface area (TPSA) is 53.6 Å². The van der Waals surface area contributed by atoms with Crippen LogP contribution in [0.1, 0.15) is 5.69 Å². The Morgan fingerprint density at radius 1 is 1.17 bits per heavy atom. The molecule has 0 unspecified atom stereocenters. The Labute approximate surface area is 113 Å². The Balaban J connectivity index is 1.74. The third-order valence-electron chi connectivity index (χ3n) is 2.70. The lowest BCUT2D eigenvalue weighted by atomic mass is 10.2. The number of benzene rings is 1. The Kier molecular flexibility index (Phi) is 2.98. The highest BCUT2D eigenvalue weighted by molar-refractivity contribution is 9.10. The fourth-order valence-electron chi connectivity index (χ4n) is 1.76. The van der Waals surface area contributed by atoms with Gasteiger partial charge >= 0.3 is 0 Å². The summed E-state index contributed by atoms with van der Waals surface area (Å²) in [6.07, 6.45) is 3.62. The van der Waals surface area contributed by atoms with Crippen molar-refractivity contribution < 1.29 is 0 Å². The zero-order valence-electron chi connectivity index (χ0n) is 9.52. The highest BCUT2D eigenvalue weighted by Crippen LogP contribution is 2.17. The number of nitrogens with zero attached hydrogens (tertiary/aromatic N) is 2. The summed E-state index contributed by atoms with van der Waals surface area (Å²) in [5.74, 6) is 0. The number of hydrogen-bond acceptors (Lipinski definition) is 3. The van der Waals surface area contributed by atoms with Crippen LogP contribution in [-0.2, 0) is 6.54 Å². The molecule has 2 N–H and O–H groups in total. The molecule has 0 aliphatic rings. The van der Waals surface area contributed by atoms with Crippen molar-refractivity contribution >= 4 is 32.5 Å². The van der Waals surface area contributed by atoms with E-state index in [1.165, 1.54) is 0 Å². The van der Waals surface area contributed by atoms with Crippen molar-refractivity contribution in [1.82, 2.24) is 15.2 Å². The molecule has 0 aliphatic carbocycles. The zero-order valence-corrected chi connectivity index (χ0v) is 11.1. The van der Waals surface area contributed by atoms with Crippen LogP contribution in [0.4, 0.5) is 5.69 Å². The van der Waals surface area contributed by atoms with Gasteiger partial charge in [-0.1, -0.05) is 0 Å². The van der Waals surface area contributed by atoms with Gasteiger partial charge in [-0.3, -0.25) is 10.1 Å². The van der Waals surface area contributed by atoms with Gasteiger partial charge in [0.15, 0.2) is 0 Å². The third kappa shape index (κ3) is 2.36. The molecular weight excluding hydrogens is 292 g/mol. The largest absolute Gasteiger partial charge is 0.379 e. The minimum absolute atomic E-state index is 0.705. The quantitative estimate of drug-likeness (QED) is 0.780. The van der Waals surface area contributed by atoms with Crippen molar-refractivity contribution in [2.75, 3.05) is 5.32 Å². The molecule has 4 nitrogen and oxygen atoms in total. The predicted molar refractivity (Wildman–Crippen MR) is 75.4 cm³/mol. The second kappa shape index (κ2) is 4.78. The molecule has 90 valence electrons. The zero-order chi connectivity index (χ0) is 12.4. The summed E-state index contributed by atoms with van der Waals surface area (Å²) in [5, 5.41) is 11.4. The monoisotopic (exact) mass is 302 g/mol. The maximum absolute atomic E-state index is 4.32. The van der Waals surface area contributed by atoms with Crippen LogP contribution in [-0.4, -0.2) is 15.2 Å². The van der Waals surface area contributed by atoms with E-state index in [9.17, 15) is 0 Å². The number of pyridine rings is 1. The van der Waals surface area contributed by atoms with E-state index >= 15 is 0 Å². The van der Waals surface area contributed by atoms with E-state index in [1.54, 1.807) is 6.20 Å². The summed E-state index contributed by atoms with van der Waals surface area (Å²) in [7, 11) is 0. The van der Waals surface area contributed by atoms with E-state index in [0.717, 1.165) is 26.8 Å². The molecule has 18 heavy (non-hydrogen) atoms. The van der Waals surface area contributed by atoms with Gasteiger partial charge in [0.05, 0.1) is 24.0 Å². The molecule has 1 aromatic carbocycles. The number of nitrogens with one attached hydrogen (secondary N) is 2. The first kappa shape index (κ1) is 11.2. The number of anilines is 1. The smallest absolute Gasteiger partial charge is 0.0651 e. The van der Waals surface area contributed by atoms with Crippen molar-refractivity contribution in [3.63, 3.8) is 0 Å². The minimum Gasteiger partial charge on any atom is -0.379 e. The van der Waals surface area contributed by atoms with Gasteiger partial charge < -0.3 is 5.32 Å². The summed E-state index contributed by atoms with van der Waals surface area (Å²) < 4.78 is 0.992. The molecule has 0 radical (unpaired) electrons. The number of halogens is 1. The number of aromatic nitrogens is 3. The van der Waals surface area contributed by atoms with Crippen molar-refractivity contribution in [3.05, 3.63) is 52.9 Å². The average molecular weight is 303 g/mol. The lowest BCUT2D eigenvalue weighted by Gasteiger charge is -2.06. The summed E-state index contributed by atoms with van der Waals surface area (Å²) in [5.41, 5.74) is 3.11. The maximum Gasteiger partial charge on any atom is 0.0651 e. The lowest BCUT2D eigenvalue weighted by Crippen LogP contribution is -2.00. The van der Waals surface area contributed by atoms with Crippen LogP contribution in [0.15, 0.2) is 47.2 Å². The second-order valence-electron chi connectivity index (χ2n) is 3.99. The summed E-state index contributed by atoms with van der Waals surface area (Å²) >= 11 is 3.37. The first-order valence-corrected chi connectivity index (χ1v) is 6.38. The molecule has 0 atom stereocenters. The van der Waals surface area contributed by atoms with Crippen LogP contribution in [0.25, 0.3) is 10.9 Å². The van der Waals surface area contributed by atoms with E-state index in [1.807, 2.05) is 30.5 Å². The van der Waals surface area contributed by atoms with E-state index in [2.05, 4.69) is 42.5 Å². The Bertz CT molecular complexity index is 660. The first-order chi connectivity index (χ1) is 8.81.